The van der Waals surface area contributed by atoms with Crippen LogP contribution < -0.4 is 0 Å². The first-order valence-corrected chi connectivity index (χ1v) is 4.78. The van der Waals surface area contributed by atoms with Crippen LogP contribution in [0.1, 0.15) is 24.0 Å². The minimum absolute atomic E-state index is 0.397. The molecule has 0 spiro atoms. The number of nitrogens with zero attached hydrogens (tertiary/aromatic N) is 1. The van der Waals surface area contributed by atoms with E-state index in [4.69, 9.17) is 10.4 Å². The molecule has 0 amide bonds. The number of carboxylic acid groups (broad SMARTS) is 1. The van der Waals surface area contributed by atoms with Gasteiger partial charge in [-0.3, -0.25) is 4.79 Å². The van der Waals surface area contributed by atoms with Crippen LogP contribution >= 0.6 is 15.9 Å². The molecule has 14 heavy (non-hydrogen) atoms. The Labute approximate surface area is 90.1 Å². The molecule has 1 aromatic carbocycles. The number of halogens is 1. The van der Waals surface area contributed by atoms with Gasteiger partial charge in [0.25, 0.3) is 0 Å². The number of aliphatic carboxylic acids is 1. The number of hydrogen-bond donors (Lipinski definition) is 1. The average molecular weight is 254 g/mol. The Balaban J connectivity index is 3.22. The van der Waals surface area contributed by atoms with E-state index in [2.05, 4.69) is 15.9 Å². The summed E-state index contributed by atoms with van der Waals surface area (Å²) >= 11 is 3.22. The minimum Gasteiger partial charge on any atom is -0.481 e. The third-order valence-corrected chi connectivity index (χ3v) is 2.47. The second-order valence-electron chi connectivity index (χ2n) is 2.90. The van der Waals surface area contributed by atoms with Crippen molar-refractivity contribution in [2.45, 2.75) is 12.8 Å². The lowest BCUT2D eigenvalue weighted by Crippen LogP contribution is -2.08. The molecular formula is C10H8BrNO2. The van der Waals surface area contributed by atoms with Crippen LogP contribution in [-0.4, -0.2) is 11.1 Å². The Morgan fingerprint density at radius 1 is 1.64 bits per heavy atom. The number of hydrogen-bond acceptors (Lipinski definition) is 2. The molecule has 4 heteroatoms. The zero-order chi connectivity index (χ0) is 10.7. The van der Waals surface area contributed by atoms with Gasteiger partial charge in [0.05, 0.1) is 17.6 Å². The normalized spacial score (nSPS) is 11.8. The molecule has 72 valence electrons. The quantitative estimate of drug-likeness (QED) is 0.881. The Kier molecular flexibility index (Phi) is 3.26. The fourth-order valence-electron chi connectivity index (χ4n) is 1.14. The first kappa shape index (κ1) is 10.7. The fraction of sp³-hybridized carbons (Fsp3) is 0.200. The molecular weight excluding hydrogens is 246 g/mol. The van der Waals surface area contributed by atoms with Crippen molar-refractivity contribution in [2.75, 3.05) is 0 Å². The van der Waals surface area contributed by atoms with Gasteiger partial charge in [0, 0.05) is 4.47 Å². The van der Waals surface area contributed by atoms with Crippen LogP contribution in [0, 0.1) is 11.3 Å². The molecule has 0 saturated carbocycles. The standard InChI is InChI=1S/C10H8BrNO2/c1-6(10(13)14)9-3-2-8(11)4-7(9)5-12/h2-4,6H,1H3,(H,13,14). The summed E-state index contributed by atoms with van der Waals surface area (Å²) in [5.74, 6) is -1.58. The molecule has 1 rings (SSSR count). The van der Waals surface area contributed by atoms with Crippen LogP contribution in [0.5, 0.6) is 0 Å². The molecule has 0 heterocycles. The highest BCUT2D eigenvalue weighted by Crippen LogP contribution is 2.23. The Bertz CT molecular complexity index is 409. The molecule has 0 aliphatic rings. The topological polar surface area (TPSA) is 61.1 Å². The fourth-order valence-corrected chi connectivity index (χ4v) is 1.50. The van der Waals surface area contributed by atoms with Gasteiger partial charge in [-0.05, 0) is 24.6 Å². The lowest BCUT2D eigenvalue weighted by molar-refractivity contribution is -0.138. The number of carbonyl (C=O) groups is 1. The second-order valence-corrected chi connectivity index (χ2v) is 3.82. The lowest BCUT2D eigenvalue weighted by Gasteiger charge is -2.08. The monoisotopic (exact) mass is 253 g/mol. The van der Waals surface area contributed by atoms with E-state index in [0.29, 0.717) is 11.1 Å². The van der Waals surface area contributed by atoms with Crippen molar-refractivity contribution in [3.05, 3.63) is 33.8 Å². The van der Waals surface area contributed by atoms with E-state index < -0.39 is 11.9 Å². The zero-order valence-electron chi connectivity index (χ0n) is 7.49. The van der Waals surface area contributed by atoms with Gasteiger partial charge >= 0.3 is 5.97 Å². The third-order valence-electron chi connectivity index (χ3n) is 1.97. The lowest BCUT2D eigenvalue weighted by atomic mass is 9.96. The van der Waals surface area contributed by atoms with Gasteiger partial charge < -0.3 is 5.11 Å². The predicted molar refractivity (Wildman–Crippen MR) is 54.9 cm³/mol. The molecule has 0 radical (unpaired) electrons. The van der Waals surface area contributed by atoms with Gasteiger partial charge in [-0.15, -0.1) is 0 Å². The summed E-state index contributed by atoms with van der Waals surface area (Å²) in [5, 5.41) is 17.6. The summed E-state index contributed by atoms with van der Waals surface area (Å²) in [6.45, 7) is 1.56. The van der Waals surface area contributed by atoms with E-state index in [1.54, 1.807) is 25.1 Å². The molecule has 0 bridgehead atoms. The smallest absolute Gasteiger partial charge is 0.310 e. The molecule has 0 aromatic heterocycles. The van der Waals surface area contributed by atoms with Crippen molar-refractivity contribution in [1.82, 2.24) is 0 Å². The maximum absolute atomic E-state index is 10.7. The van der Waals surface area contributed by atoms with Crippen molar-refractivity contribution < 1.29 is 9.90 Å². The minimum atomic E-state index is -0.927. The van der Waals surface area contributed by atoms with E-state index in [0.717, 1.165) is 4.47 Å². The molecule has 0 saturated heterocycles. The first-order valence-electron chi connectivity index (χ1n) is 3.98. The molecule has 1 unspecified atom stereocenters. The largest absolute Gasteiger partial charge is 0.481 e. The summed E-state index contributed by atoms with van der Waals surface area (Å²) in [6, 6.07) is 6.98. The van der Waals surface area contributed by atoms with Crippen molar-refractivity contribution in [1.29, 1.82) is 5.26 Å². The molecule has 1 N–H and O–H groups in total. The molecule has 1 aromatic rings. The molecule has 0 aliphatic carbocycles. The van der Waals surface area contributed by atoms with Crippen LogP contribution in [0.15, 0.2) is 22.7 Å². The SMILES string of the molecule is CC(C(=O)O)c1ccc(Br)cc1C#N. The van der Waals surface area contributed by atoms with E-state index in [1.807, 2.05) is 6.07 Å². The van der Waals surface area contributed by atoms with Crippen LogP contribution in [0.25, 0.3) is 0 Å². The molecule has 3 nitrogen and oxygen atoms in total. The van der Waals surface area contributed by atoms with Crippen molar-refractivity contribution in [3.63, 3.8) is 0 Å². The van der Waals surface area contributed by atoms with E-state index in [-0.39, 0.29) is 0 Å². The van der Waals surface area contributed by atoms with E-state index in [9.17, 15) is 4.79 Å². The highest BCUT2D eigenvalue weighted by Gasteiger charge is 2.17. The maximum Gasteiger partial charge on any atom is 0.310 e. The predicted octanol–water partition coefficient (Wildman–Crippen LogP) is 2.51. The van der Waals surface area contributed by atoms with Gasteiger partial charge in [-0.2, -0.15) is 5.26 Å². The highest BCUT2D eigenvalue weighted by molar-refractivity contribution is 9.10. The van der Waals surface area contributed by atoms with E-state index in [1.165, 1.54) is 0 Å². The van der Waals surface area contributed by atoms with Crippen LogP contribution in [0.4, 0.5) is 0 Å². The maximum atomic E-state index is 10.7. The van der Waals surface area contributed by atoms with Crippen molar-refractivity contribution >= 4 is 21.9 Å². The summed E-state index contributed by atoms with van der Waals surface area (Å²) in [7, 11) is 0. The van der Waals surface area contributed by atoms with Crippen molar-refractivity contribution in [3.8, 4) is 6.07 Å². The summed E-state index contributed by atoms with van der Waals surface area (Å²) in [6.07, 6.45) is 0. The van der Waals surface area contributed by atoms with Crippen LogP contribution in [0.2, 0.25) is 0 Å². The molecule has 0 fully saturated rings. The Morgan fingerprint density at radius 3 is 2.79 bits per heavy atom. The highest BCUT2D eigenvalue weighted by atomic mass is 79.9. The summed E-state index contributed by atoms with van der Waals surface area (Å²) in [4.78, 5) is 10.7. The average Bonchev–Trinajstić information content (AvgIpc) is 2.16. The van der Waals surface area contributed by atoms with Crippen molar-refractivity contribution in [2.24, 2.45) is 0 Å². The Hall–Kier alpha value is -1.34. The number of benzene rings is 1. The summed E-state index contributed by atoms with van der Waals surface area (Å²) < 4.78 is 0.774. The number of carboxylic acids is 1. The van der Waals surface area contributed by atoms with Gasteiger partial charge in [-0.1, -0.05) is 22.0 Å². The summed E-state index contributed by atoms with van der Waals surface area (Å²) in [5.41, 5.74) is 0.942. The zero-order valence-corrected chi connectivity index (χ0v) is 9.08. The van der Waals surface area contributed by atoms with Gasteiger partial charge in [0.1, 0.15) is 0 Å². The van der Waals surface area contributed by atoms with Gasteiger partial charge in [0.2, 0.25) is 0 Å². The third kappa shape index (κ3) is 2.12. The molecule has 0 aliphatic heterocycles. The Morgan fingerprint density at radius 2 is 2.29 bits per heavy atom. The van der Waals surface area contributed by atoms with Crippen LogP contribution in [-0.2, 0) is 4.79 Å². The van der Waals surface area contributed by atoms with Gasteiger partial charge in [0.15, 0.2) is 0 Å². The van der Waals surface area contributed by atoms with E-state index >= 15 is 0 Å². The second kappa shape index (κ2) is 4.25. The van der Waals surface area contributed by atoms with Crippen LogP contribution in [0.3, 0.4) is 0 Å². The number of nitriles is 1. The molecule has 1 atom stereocenters. The first-order chi connectivity index (χ1) is 6.56. The number of rotatable bonds is 2. The van der Waals surface area contributed by atoms with Gasteiger partial charge in [-0.25, -0.2) is 0 Å².